The molecule has 1 heterocycles. The number of hydrogen-bond donors (Lipinski definition) is 1. The van der Waals surface area contributed by atoms with Gasteiger partial charge in [-0.15, -0.1) is 0 Å². The highest BCUT2D eigenvalue weighted by atomic mass is 35.5. The summed E-state index contributed by atoms with van der Waals surface area (Å²) in [4.78, 5) is 14.2. The Labute approximate surface area is 151 Å². The number of rotatable bonds is 3. The zero-order valence-corrected chi connectivity index (χ0v) is 14.8. The molecule has 0 unspecified atom stereocenters. The summed E-state index contributed by atoms with van der Waals surface area (Å²) in [5, 5.41) is 3.76. The van der Waals surface area contributed by atoms with E-state index in [1.165, 1.54) is 5.56 Å². The van der Waals surface area contributed by atoms with Crippen LogP contribution in [-0.2, 0) is 0 Å². The SMILES string of the molecule is COc1ccc([C@@H]2CCN(C(=O)Nc3ccc(Cl)c(Cl)c3)C2)cc1. The molecule has 6 heteroatoms. The first-order valence-corrected chi connectivity index (χ1v) is 8.47. The number of carbonyl (C=O) groups is 1. The van der Waals surface area contributed by atoms with Gasteiger partial charge in [-0.2, -0.15) is 0 Å². The highest BCUT2D eigenvalue weighted by molar-refractivity contribution is 6.42. The van der Waals surface area contributed by atoms with Crippen LogP contribution in [0.3, 0.4) is 0 Å². The third-order valence-electron chi connectivity index (χ3n) is 4.23. The number of ether oxygens (including phenoxy) is 1. The molecule has 0 aliphatic carbocycles. The summed E-state index contributed by atoms with van der Waals surface area (Å²) in [6.07, 6.45) is 0.946. The summed E-state index contributed by atoms with van der Waals surface area (Å²) in [5.41, 5.74) is 1.86. The standard InChI is InChI=1S/C18H18Cl2N2O2/c1-24-15-5-2-12(3-6-15)13-8-9-22(11-13)18(23)21-14-4-7-16(19)17(20)10-14/h2-7,10,13H,8-9,11H2,1H3,(H,21,23)/t13-/m1/s1. The highest BCUT2D eigenvalue weighted by Gasteiger charge is 2.27. The van der Waals surface area contributed by atoms with Gasteiger partial charge in [-0.05, 0) is 42.3 Å². The molecule has 1 atom stereocenters. The van der Waals surface area contributed by atoms with Gasteiger partial charge >= 0.3 is 6.03 Å². The lowest BCUT2D eigenvalue weighted by Gasteiger charge is -2.18. The van der Waals surface area contributed by atoms with Crippen LogP contribution in [0.2, 0.25) is 10.0 Å². The van der Waals surface area contributed by atoms with Crippen LogP contribution in [0.15, 0.2) is 42.5 Å². The van der Waals surface area contributed by atoms with Gasteiger partial charge in [0.2, 0.25) is 0 Å². The van der Waals surface area contributed by atoms with Crippen molar-refractivity contribution in [3.05, 3.63) is 58.1 Å². The van der Waals surface area contributed by atoms with E-state index in [4.69, 9.17) is 27.9 Å². The maximum atomic E-state index is 12.4. The molecule has 126 valence electrons. The van der Waals surface area contributed by atoms with Crippen LogP contribution in [0.4, 0.5) is 10.5 Å². The molecule has 2 aromatic rings. The smallest absolute Gasteiger partial charge is 0.321 e. The molecule has 3 rings (SSSR count). The van der Waals surface area contributed by atoms with Crippen LogP contribution in [0, 0.1) is 0 Å². The van der Waals surface area contributed by atoms with E-state index in [2.05, 4.69) is 17.4 Å². The maximum Gasteiger partial charge on any atom is 0.321 e. The number of methoxy groups -OCH3 is 1. The molecule has 0 bridgehead atoms. The van der Waals surface area contributed by atoms with Gasteiger partial charge in [0.1, 0.15) is 5.75 Å². The van der Waals surface area contributed by atoms with Crippen molar-refractivity contribution in [1.82, 2.24) is 4.90 Å². The molecule has 1 aliphatic heterocycles. The van der Waals surface area contributed by atoms with Gasteiger partial charge in [0.15, 0.2) is 0 Å². The van der Waals surface area contributed by atoms with Crippen molar-refractivity contribution in [3.63, 3.8) is 0 Å². The van der Waals surface area contributed by atoms with Gasteiger partial charge in [0.25, 0.3) is 0 Å². The number of benzene rings is 2. The van der Waals surface area contributed by atoms with Crippen molar-refractivity contribution in [2.75, 3.05) is 25.5 Å². The van der Waals surface area contributed by atoms with Gasteiger partial charge in [0.05, 0.1) is 17.2 Å². The zero-order valence-electron chi connectivity index (χ0n) is 13.3. The first kappa shape index (κ1) is 16.9. The number of urea groups is 1. The van der Waals surface area contributed by atoms with Crippen molar-refractivity contribution in [3.8, 4) is 5.75 Å². The van der Waals surface area contributed by atoms with Crippen molar-refractivity contribution in [1.29, 1.82) is 0 Å². The lowest BCUT2D eigenvalue weighted by molar-refractivity contribution is 0.222. The lowest BCUT2D eigenvalue weighted by atomic mass is 9.98. The Morgan fingerprint density at radius 1 is 1.17 bits per heavy atom. The monoisotopic (exact) mass is 364 g/mol. The quantitative estimate of drug-likeness (QED) is 0.830. The summed E-state index contributed by atoms with van der Waals surface area (Å²) in [6.45, 7) is 1.42. The fraction of sp³-hybridized carbons (Fsp3) is 0.278. The molecule has 0 radical (unpaired) electrons. The van der Waals surface area contributed by atoms with E-state index in [0.717, 1.165) is 18.7 Å². The zero-order chi connectivity index (χ0) is 17.1. The van der Waals surface area contributed by atoms with Crippen LogP contribution >= 0.6 is 23.2 Å². The summed E-state index contributed by atoms with van der Waals surface area (Å²) < 4.78 is 5.18. The largest absolute Gasteiger partial charge is 0.497 e. The number of amides is 2. The average molecular weight is 365 g/mol. The van der Waals surface area contributed by atoms with E-state index < -0.39 is 0 Å². The van der Waals surface area contributed by atoms with Gasteiger partial charge in [0, 0.05) is 24.7 Å². The maximum absolute atomic E-state index is 12.4. The van der Waals surface area contributed by atoms with Gasteiger partial charge in [-0.1, -0.05) is 35.3 Å². The van der Waals surface area contributed by atoms with Crippen molar-refractivity contribution in [2.24, 2.45) is 0 Å². The second-order valence-corrected chi connectivity index (χ2v) is 6.58. The first-order chi connectivity index (χ1) is 11.6. The number of nitrogens with zero attached hydrogens (tertiary/aromatic N) is 1. The van der Waals surface area contributed by atoms with Crippen LogP contribution in [0.1, 0.15) is 17.9 Å². The molecule has 2 aromatic carbocycles. The van der Waals surface area contributed by atoms with Crippen LogP contribution in [-0.4, -0.2) is 31.1 Å². The highest BCUT2D eigenvalue weighted by Crippen LogP contribution is 2.29. The summed E-state index contributed by atoms with van der Waals surface area (Å²) >= 11 is 11.9. The minimum Gasteiger partial charge on any atom is -0.497 e. The van der Waals surface area contributed by atoms with E-state index in [-0.39, 0.29) is 6.03 Å². The lowest BCUT2D eigenvalue weighted by Crippen LogP contribution is -2.32. The molecule has 1 saturated heterocycles. The van der Waals surface area contributed by atoms with Crippen molar-refractivity contribution in [2.45, 2.75) is 12.3 Å². The van der Waals surface area contributed by atoms with E-state index in [9.17, 15) is 4.79 Å². The first-order valence-electron chi connectivity index (χ1n) is 7.72. The van der Waals surface area contributed by atoms with Gasteiger partial charge < -0.3 is 15.0 Å². The topological polar surface area (TPSA) is 41.6 Å². The average Bonchev–Trinajstić information content (AvgIpc) is 3.08. The minimum atomic E-state index is -0.121. The number of anilines is 1. The molecule has 0 saturated carbocycles. The van der Waals surface area contributed by atoms with Crippen LogP contribution < -0.4 is 10.1 Å². The van der Waals surface area contributed by atoms with E-state index in [0.29, 0.717) is 28.2 Å². The normalized spacial score (nSPS) is 17.0. The Kier molecular flexibility index (Phi) is 5.17. The number of likely N-dealkylation sites (tertiary alicyclic amines) is 1. The van der Waals surface area contributed by atoms with Crippen molar-refractivity contribution < 1.29 is 9.53 Å². The van der Waals surface area contributed by atoms with Crippen LogP contribution in [0.25, 0.3) is 0 Å². The molecule has 1 fully saturated rings. The predicted molar refractivity (Wildman–Crippen MR) is 97.4 cm³/mol. The van der Waals surface area contributed by atoms with E-state index >= 15 is 0 Å². The Balaban J connectivity index is 1.61. The molecule has 1 N–H and O–H groups in total. The van der Waals surface area contributed by atoms with Crippen molar-refractivity contribution >= 4 is 34.9 Å². The Morgan fingerprint density at radius 2 is 1.92 bits per heavy atom. The molecule has 0 aromatic heterocycles. The summed E-state index contributed by atoms with van der Waals surface area (Å²) in [7, 11) is 1.65. The molecule has 4 nitrogen and oxygen atoms in total. The number of hydrogen-bond acceptors (Lipinski definition) is 2. The molecular formula is C18H18Cl2N2O2. The number of halogens is 2. The van der Waals surface area contributed by atoms with E-state index in [1.807, 2.05) is 17.0 Å². The van der Waals surface area contributed by atoms with Gasteiger partial charge in [-0.3, -0.25) is 0 Å². The van der Waals surface area contributed by atoms with Crippen LogP contribution in [0.5, 0.6) is 5.75 Å². The molecule has 1 aliphatic rings. The molecule has 24 heavy (non-hydrogen) atoms. The number of carbonyl (C=O) groups excluding carboxylic acids is 1. The fourth-order valence-electron chi connectivity index (χ4n) is 2.87. The predicted octanol–water partition coefficient (Wildman–Crippen LogP) is 5.02. The van der Waals surface area contributed by atoms with Gasteiger partial charge in [-0.25, -0.2) is 4.79 Å². The number of nitrogens with one attached hydrogen (secondary N) is 1. The van der Waals surface area contributed by atoms with E-state index in [1.54, 1.807) is 25.3 Å². The summed E-state index contributed by atoms with van der Waals surface area (Å²) in [5.74, 6) is 1.18. The fourth-order valence-corrected chi connectivity index (χ4v) is 3.17. The molecule has 0 spiro atoms. The molecular weight excluding hydrogens is 347 g/mol. The second kappa shape index (κ2) is 7.32. The Hall–Kier alpha value is -1.91. The third kappa shape index (κ3) is 3.77. The molecule has 2 amide bonds. The minimum absolute atomic E-state index is 0.121. The Bertz CT molecular complexity index is 734. The third-order valence-corrected chi connectivity index (χ3v) is 4.97. The summed E-state index contributed by atoms with van der Waals surface area (Å²) in [6, 6.07) is 13.0. The Morgan fingerprint density at radius 3 is 2.58 bits per heavy atom. The second-order valence-electron chi connectivity index (χ2n) is 5.76.